The zero-order chi connectivity index (χ0) is 46.2. The van der Waals surface area contributed by atoms with E-state index in [2.05, 4.69) is 114 Å². The van der Waals surface area contributed by atoms with Gasteiger partial charge in [-0.25, -0.2) is 9.59 Å². The number of fused-ring (bicyclic) bond motifs is 6. The van der Waals surface area contributed by atoms with Crippen LogP contribution >= 0.6 is 0 Å². The maximum absolute atomic E-state index is 11.7. The number of ether oxygens (including phenoxy) is 2. The number of carbonyl (C=O) groups is 5. The third kappa shape index (κ3) is 9.86. The van der Waals surface area contributed by atoms with E-state index in [4.69, 9.17) is 9.47 Å². The smallest absolute Gasteiger partial charge is 0.407 e. The van der Waals surface area contributed by atoms with Crippen molar-refractivity contribution in [1.29, 1.82) is 0 Å². The first-order valence-corrected chi connectivity index (χ1v) is 22.4. The Morgan fingerprint density at radius 3 is 1.26 bits per heavy atom. The molecule has 9 heteroatoms. The molecule has 8 aromatic carbocycles. The molecule has 0 spiro atoms. The van der Waals surface area contributed by atoms with Gasteiger partial charge in [-0.3, -0.25) is 0 Å². The minimum Gasteiger partial charge on any atom is -0.449 e. The molecule has 0 bridgehead atoms. The molecule has 2 aliphatic carbocycles. The van der Waals surface area contributed by atoms with Crippen LogP contribution in [0, 0.1) is 0 Å². The van der Waals surface area contributed by atoms with Crippen molar-refractivity contribution in [3.8, 4) is 22.3 Å². The Labute approximate surface area is 384 Å². The SMILES string of the molecule is CC(=O)CCCc1cc2ccc3cccc4ccc(c1)c2c34.C[C@@H](C=O)NC(=O)OCC1c2ccccc2-c2ccccc21.C[C@H](C=O)NC(=O)OCC1c2ccccc2-c2ccccc21. The summed E-state index contributed by atoms with van der Waals surface area (Å²) in [6.45, 7) is 5.39. The van der Waals surface area contributed by atoms with Crippen LogP contribution in [-0.2, 0) is 30.3 Å². The van der Waals surface area contributed by atoms with Gasteiger partial charge in [0, 0.05) is 18.3 Å². The standard InChI is InChI=1S/C21H18O.2C18H17NO3/c1-14(22)4-2-5-15-12-18-10-8-16-6-3-7-17-9-11-19(13-15)21(18)20(16)17;2*1-12(10-20)19-18(21)22-11-17-15-8-4-2-6-13(15)14-7-3-5-9-16(14)17/h3,6-13H,2,4-5H2,1H3;2*2-10,12,17H,11H2,1H3,(H,19,21)/t;2*12-/m.10/s1. The second-order valence-corrected chi connectivity index (χ2v) is 17.0. The number of amides is 2. The second-order valence-electron chi connectivity index (χ2n) is 17.0. The summed E-state index contributed by atoms with van der Waals surface area (Å²) >= 11 is 0. The molecular weight excluding hydrogens is 825 g/mol. The van der Waals surface area contributed by atoms with Crippen LogP contribution < -0.4 is 10.6 Å². The van der Waals surface area contributed by atoms with Gasteiger partial charge in [0.1, 0.15) is 31.6 Å². The lowest BCUT2D eigenvalue weighted by Crippen LogP contribution is -2.34. The Morgan fingerprint density at radius 2 is 0.879 bits per heavy atom. The molecule has 2 N–H and O–H groups in total. The summed E-state index contributed by atoms with van der Waals surface area (Å²) in [4.78, 5) is 55.6. The fourth-order valence-corrected chi connectivity index (χ4v) is 9.22. The van der Waals surface area contributed by atoms with Gasteiger partial charge < -0.3 is 34.5 Å². The molecule has 2 aliphatic rings. The van der Waals surface area contributed by atoms with E-state index >= 15 is 0 Å². The van der Waals surface area contributed by atoms with Crippen molar-refractivity contribution < 1.29 is 33.4 Å². The number of aldehydes is 2. The molecule has 0 aliphatic heterocycles. The van der Waals surface area contributed by atoms with Crippen molar-refractivity contribution in [3.63, 3.8) is 0 Å². The van der Waals surface area contributed by atoms with E-state index in [9.17, 15) is 24.0 Å². The summed E-state index contributed by atoms with van der Waals surface area (Å²) in [5.41, 5.74) is 10.7. The van der Waals surface area contributed by atoms with E-state index in [1.54, 1.807) is 20.8 Å². The van der Waals surface area contributed by atoms with Gasteiger partial charge in [0.15, 0.2) is 0 Å². The van der Waals surface area contributed by atoms with Gasteiger partial charge in [0.2, 0.25) is 0 Å². The molecular formula is C57H52N2O7. The van der Waals surface area contributed by atoms with Crippen LogP contribution in [0.1, 0.15) is 73.3 Å². The number of ketones is 1. The van der Waals surface area contributed by atoms with Gasteiger partial charge >= 0.3 is 12.2 Å². The molecule has 8 aromatic rings. The molecule has 0 radical (unpaired) electrons. The van der Waals surface area contributed by atoms with Crippen molar-refractivity contribution >= 4 is 62.9 Å². The highest BCUT2D eigenvalue weighted by atomic mass is 16.6. The van der Waals surface area contributed by atoms with Crippen LogP contribution in [0.5, 0.6) is 0 Å². The molecule has 10 rings (SSSR count). The Morgan fingerprint density at radius 1 is 0.515 bits per heavy atom. The molecule has 0 saturated heterocycles. The van der Waals surface area contributed by atoms with Crippen molar-refractivity contribution in [2.24, 2.45) is 0 Å². The van der Waals surface area contributed by atoms with Gasteiger partial charge in [-0.1, -0.05) is 152 Å². The number of hydrogen-bond donors (Lipinski definition) is 2. The van der Waals surface area contributed by atoms with Crippen molar-refractivity contribution in [1.82, 2.24) is 10.6 Å². The number of alkyl carbamates (subject to hydrolysis) is 2. The van der Waals surface area contributed by atoms with Gasteiger partial charge in [0.25, 0.3) is 0 Å². The van der Waals surface area contributed by atoms with Crippen LogP contribution in [0.15, 0.2) is 152 Å². The number of Topliss-reactive ketones (excluding diaryl/α,β-unsaturated/α-hetero) is 1. The first-order chi connectivity index (χ1) is 32.1. The van der Waals surface area contributed by atoms with E-state index in [1.807, 2.05) is 48.5 Å². The molecule has 66 heavy (non-hydrogen) atoms. The highest BCUT2D eigenvalue weighted by Crippen LogP contribution is 2.46. The average molecular weight is 877 g/mol. The molecule has 9 nitrogen and oxygen atoms in total. The van der Waals surface area contributed by atoms with Gasteiger partial charge in [0.05, 0.1) is 12.1 Å². The van der Waals surface area contributed by atoms with E-state index in [-0.39, 0.29) is 30.8 Å². The Balaban J connectivity index is 0.000000135. The Kier molecular flexibility index (Phi) is 13.9. The predicted molar refractivity (Wildman–Crippen MR) is 261 cm³/mol. The molecule has 0 unspecified atom stereocenters. The summed E-state index contributed by atoms with van der Waals surface area (Å²) < 4.78 is 10.6. The first-order valence-electron chi connectivity index (χ1n) is 22.4. The maximum Gasteiger partial charge on any atom is 0.407 e. The zero-order valence-corrected chi connectivity index (χ0v) is 37.3. The minimum atomic E-state index is -0.568. The highest BCUT2D eigenvalue weighted by Gasteiger charge is 2.30. The Hall–Kier alpha value is -7.65. The molecule has 2 atom stereocenters. The lowest BCUT2D eigenvalue weighted by molar-refractivity contribution is -0.117. The number of rotatable bonds is 12. The van der Waals surface area contributed by atoms with Crippen LogP contribution in [0.2, 0.25) is 0 Å². The van der Waals surface area contributed by atoms with Gasteiger partial charge in [-0.05, 0) is 116 Å². The topological polar surface area (TPSA) is 128 Å². The fraction of sp³-hybridized carbons (Fsp3) is 0.211. The summed E-state index contributed by atoms with van der Waals surface area (Å²) in [6, 6.07) is 51.4. The third-order valence-electron chi connectivity index (χ3n) is 12.3. The molecule has 0 saturated carbocycles. The molecule has 332 valence electrons. The molecule has 0 heterocycles. The van der Waals surface area contributed by atoms with Crippen molar-refractivity contribution in [2.75, 3.05) is 13.2 Å². The number of hydrogen-bond acceptors (Lipinski definition) is 7. The molecule has 0 fully saturated rings. The van der Waals surface area contributed by atoms with Crippen LogP contribution in [0.4, 0.5) is 9.59 Å². The summed E-state index contributed by atoms with van der Waals surface area (Å²) in [6.07, 6.45) is 2.77. The lowest BCUT2D eigenvalue weighted by Gasteiger charge is -2.15. The number of aryl methyl sites for hydroxylation is 1. The molecule has 2 amide bonds. The van der Waals surface area contributed by atoms with Crippen LogP contribution in [0.25, 0.3) is 54.6 Å². The quantitative estimate of drug-likeness (QED) is 0.0924. The monoisotopic (exact) mass is 876 g/mol. The summed E-state index contributed by atoms with van der Waals surface area (Å²) in [7, 11) is 0. The average Bonchev–Trinajstić information content (AvgIpc) is 3.84. The molecule has 0 aromatic heterocycles. The number of carbonyl (C=O) groups excluding carboxylic acids is 5. The number of benzene rings is 8. The fourth-order valence-electron chi connectivity index (χ4n) is 9.22. The van der Waals surface area contributed by atoms with E-state index < -0.39 is 24.3 Å². The van der Waals surface area contributed by atoms with E-state index in [1.165, 1.54) is 82.4 Å². The summed E-state index contributed by atoms with van der Waals surface area (Å²) in [5.74, 6) is 0.340. The summed E-state index contributed by atoms with van der Waals surface area (Å²) in [5, 5.41) is 12.9. The zero-order valence-electron chi connectivity index (χ0n) is 37.3. The van der Waals surface area contributed by atoms with Crippen LogP contribution in [-0.4, -0.2) is 55.8 Å². The second kappa shape index (κ2) is 20.5. The van der Waals surface area contributed by atoms with E-state index in [0.717, 1.165) is 12.8 Å². The number of nitrogens with one attached hydrogen (secondary N) is 2. The Bertz CT molecular complexity index is 2770. The maximum atomic E-state index is 11.7. The van der Waals surface area contributed by atoms with Crippen LogP contribution in [0.3, 0.4) is 0 Å². The van der Waals surface area contributed by atoms with Gasteiger partial charge in [-0.2, -0.15) is 0 Å². The minimum absolute atomic E-state index is 0.0321. The first kappa shape index (κ1) is 44.9. The van der Waals surface area contributed by atoms with Crippen molar-refractivity contribution in [3.05, 3.63) is 179 Å². The van der Waals surface area contributed by atoms with Crippen molar-refractivity contribution in [2.45, 2.75) is 64.0 Å². The highest BCUT2D eigenvalue weighted by molar-refractivity contribution is 6.23. The predicted octanol–water partition coefficient (Wildman–Crippen LogP) is 11.7. The van der Waals surface area contributed by atoms with Gasteiger partial charge in [-0.15, -0.1) is 0 Å². The largest absolute Gasteiger partial charge is 0.449 e. The normalized spacial score (nSPS) is 13.1. The lowest BCUT2D eigenvalue weighted by atomic mass is 9.92. The van der Waals surface area contributed by atoms with E-state index in [0.29, 0.717) is 19.0 Å². The third-order valence-corrected chi connectivity index (χ3v) is 12.3.